The minimum atomic E-state index is -1.40. The fourth-order valence-corrected chi connectivity index (χ4v) is 4.18. The zero-order valence-corrected chi connectivity index (χ0v) is 19.1. The molecule has 0 unspecified atom stereocenters. The molecule has 3 heterocycles. The van der Waals surface area contributed by atoms with Gasteiger partial charge in [-0.05, 0) is 37.6 Å². The number of rotatable bonds is 5. The van der Waals surface area contributed by atoms with E-state index in [1.54, 1.807) is 25.1 Å². The molecule has 5 rings (SSSR count). The van der Waals surface area contributed by atoms with Crippen LogP contribution in [-0.2, 0) is 15.1 Å². The molecule has 2 aromatic carbocycles. The van der Waals surface area contributed by atoms with Crippen LogP contribution in [0.5, 0.6) is 23.0 Å². The summed E-state index contributed by atoms with van der Waals surface area (Å²) in [6, 6.07) is 7.28. The third kappa shape index (κ3) is 3.98. The molecule has 0 aliphatic carbocycles. The number of carbonyl (C=O) groups is 4. The highest BCUT2D eigenvalue weighted by atomic mass is 16.7. The smallest absolute Gasteiger partial charge is 0.325 e. The molecule has 182 valence electrons. The van der Waals surface area contributed by atoms with Crippen LogP contribution in [-0.4, -0.2) is 55.1 Å². The summed E-state index contributed by atoms with van der Waals surface area (Å²) >= 11 is 0. The van der Waals surface area contributed by atoms with E-state index in [9.17, 15) is 19.2 Å². The van der Waals surface area contributed by atoms with Crippen LogP contribution >= 0.6 is 0 Å². The van der Waals surface area contributed by atoms with Gasteiger partial charge in [0.25, 0.3) is 5.91 Å². The first-order chi connectivity index (χ1) is 16.8. The molecule has 11 heteroatoms. The largest absolute Gasteiger partial charge is 0.490 e. The number of ketones is 1. The Labute approximate surface area is 200 Å². The fraction of sp³-hybridized carbons (Fsp3) is 0.333. The lowest BCUT2D eigenvalue weighted by Crippen LogP contribution is -2.42. The maximum atomic E-state index is 13.3. The molecule has 1 saturated heterocycles. The summed E-state index contributed by atoms with van der Waals surface area (Å²) in [5.41, 5.74) is -0.482. The lowest BCUT2D eigenvalue weighted by atomic mass is 9.91. The lowest BCUT2D eigenvalue weighted by molar-refractivity contribution is -0.133. The summed E-state index contributed by atoms with van der Waals surface area (Å²) in [5, 5.41) is 5.27. The highest BCUT2D eigenvalue weighted by Gasteiger charge is 2.49. The van der Waals surface area contributed by atoms with Crippen molar-refractivity contribution in [1.29, 1.82) is 0 Å². The van der Waals surface area contributed by atoms with Crippen LogP contribution in [0.15, 0.2) is 30.3 Å². The number of hydrogen-bond acceptors (Lipinski definition) is 8. The number of anilines is 1. The van der Waals surface area contributed by atoms with Gasteiger partial charge in [-0.15, -0.1) is 0 Å². The molecule has 0 radical (unpaired) electrons. The maximum absolute atomic E-state index is 13.3. The maximum Gasteiger partial charge on any atom is 0.325 e. The molecule has 11 nitrogen and oxygen atoms in total. The monoisotopic (exact) mass is 481 g/mol. The van der Waals surface area contributed by atoms with Crippen LogP contribution in [0.4, 0.5) is 10.5 Å². The molecular weight excluding hydrogens is 458 g/mol. The average molecular weight is 481 g/mol. The number of ether oxygens (including phenoxy) is 4. The molecule has 3 aliphatic rings. The number of Topliss-reactive ketones (excluding diaryl/α,β-unsaturated/α-hetero) is 1. The number of fused-ring (bicyclic) bond motifs is 2. The Bertz CT molecular complexity index is 1260. The van der Waals surface area contributed by atoms with E-state index >= 15 is 0 Å². The van der Waals surface area contributed by atoms with Gasteiger partial charge < -0.3 is 29.6 Å². The highest BCUT2D eigenvalue weighted by Crippen LogP contribution is 2.38. The molecule has 4 amide bonds. The Balaban J connectivity index is 1.34. The first-order valence-corrected chi connectivity index (χ1v) is 11.0. The van der Waals surface area contributed by atoms with E-state index in [1.807, 2.05) is 0 Å². The SMILES string of the molecule is CC(=O)c1cc2c(cc1NC(=O)CN1C(=O)N[C@](C)(c3ccc4c(c3)OCCCO4)C1=O)OCO2. The van der Waals surface area contributed by atoms with Crippen molar-refractivity contribution >= 4 is 29.3 Å². The number of urea groups is 1. The van der Waals surface area contributed by atoms with Gasteiger partial charge in [-0.1, -0.05) is 6.07 Å². The molecule has 2 aromatic rings. The van der Waals surface area contributed by atoms with E-state index in [1.165, 1.54) is 19.1 Å². The van der Waals surface area contributed by atoms with E-state index in [2.05, 4.69) is 10.6 Å². The van der Waals surface area contributed by atoms with Crippen molar-refractivity contribution in [2.75, 3.05) is 31.9 Å². The lowest BCUT2D eigenvalue weighted by Gasteiger charge is -2.23. The normalized spacial score (nSPS) is 20.3. The van der Waals surface area contributed by atoms with E-state index in [-0.39, 0.29) is 23.8 Å². The van der Waals surface area contributed by atoms with Crippen LogP contribution in [0.25, 0.3) is 0 Å². The Hall–Kier alpha value is -4.28. The Morgan fingerprint density at radius 2 is 1.69 bits per heavy atom. The minimum absolute atomic E-state index is 0.00493. The molecule has 1 atom stereocenters. The van der Waals surface area contributed by atoms with Crippen LogP contribution in [0.1, 0.15) is 36.2 Å². The van der Waals surface area contributed by atoms with Gasteiger partial charge in [0.05, 0.1) is 18.9 Å². The van der Waals surface area contributed by atoms with Crippen molar-refractivity contribution in [3.05, 3.63) is 41.5 Å². The zero-order chi connectivity index (χ0) is 24.7. The summed E-state index contributed by atoms with van der Waals surface area (Å²) in [7, 11) is 0. The predicted molar refractivity (Wildman–Crippen MR) is 121 cm³/mol. The Morgan fingerprint density at radius 3 is 2.43 bits per heavy atom. The summed E-state index contributed by atoms with van der Waals surface area (Å²) < 4.78 is 21.9. The third-order valence-corrected chi connectivity index (χ3v) is 6.07. The molecular formula is C24H23N3O8. The molecule has 3 aliphatic heterocycles. The second-order valence-electron chi connectivity index (χ2n) is 8.51. The number of nitrogens with one attached hydrogen (secondary N) is 2. The number of benzene rings is 2. The van der Waals surface area contributed by atoms with Crippen LogP contribution in [0.2, 0.25) is 0 Å². The van der Waals surface area contributed by atoms with E-state index < -0.39 is 29.9 Å². The summed E-state index contributed by atoms with van der Waals surface area (Å²) in [6.07, 6.45) is 0.731. The molecule has 2 N–H and O–H groups in total. The van der Waals surface area contributed by atoms with Gasteiger partial charge in [0, 0.05) is 18.1 Å². The van der Waals surface area contributed by atoms with Gasteiger partial charge >= 0.3 is 6.03 Å². The standard InChI is InChI=1S/C24H23N3O8/c1-13(28)15-9-19-20(35-12-34-19)10-16(15)25-21(29)11-27-22(30)24(2,26-23(27)31)14-4-5-17-18(8-14)33-7-3-6-32-17/h4-5,8-10H,3,6-7,11-12H2,1-2H3,(H,25,29)(H,26,31)/t24-/m1/s1. The minimum Gasteiger partial charge on any atom is -0.490 e. The molecule has 1 fully saturated rings. The highest BCUT2D eigenvalue weighted by molar-refractivity contribution is 6.11. The van der Waals surface area contributed by atoms with Crippen molar-refractivity contribution in [1.82, 2.24) is 10.2 Å². The fourth-order valence-electron chi connectivity index (χ4n) is 4.18. The zero-order valence-electron chi connectivity index (χ0n) is 19.1. The van der Waals surface area contributed by atoms with E-state index in [4.69, 9.17) is 18.9 Å². The number of hydrogen-bond donors (Lipinski definition) is 2. The second kappa shape index (κ2) is 8.49. The van der Waals surface area contributed by atoms with E-state index in [0.29, 0.717) is 41.8 Å². The van der Waals surface area contributed by atoms with Crippen LogP contribution < -0.4 is 29.6 Å². The number of carbonyl (C=O) groups excluding carboxylic acids is 4. The average Bonchev–Trinajstić information content (AvgIpc) is 3.25. The van der Waals surface area contributed by atoms with Gasteiger partial charge in [-0.3, -0.25) is 19.3 Å². The molecule has 0 spiro atoms. The van der Waals surface area contributed by atoms with Crippen molar-refractivity contribution in [3.8, 4) is 23.0 Å². The molecule has 0 aromatic heterocycles. The van der Waals surface area contributed by atoms with Crippen molar-refractivity contribution in [2.24, 2.45) is 0 Å². The molecule has 0 saturated carbocycles. The van der Waals surface area contributed by atoms with Gasteiger partial charge in [-0.2, -0.15) is 0 Å². The van der Waals surface area contributed by atoms with E-state index in [0.717, 1.165) is 11.3 Å². The van der Waals surface area contributed by atoms with Gasteiger partial charge in [0.2, 0.25) is 12.7 Å². The molecule has 35 heavy (non-hydrogen) atoms. The number of nitrogens with zero attached hydrogens (tertiary/aromatic N) is 1. The quantitative estimate of drug-likeness (QED) is 0.491. The van der Waals surface area contributed by atoms with Crippen molar-refractivity contribution < 1.29 is 38.1 Å². The third-order valence-electron chi connectivity index (χ3n) is 6.07. The summed E-state index contributed by atoms with van der Waals surface area (Å²) in [5.74, 6) is 0.278. The predicted octanol–water partition coefficient (Wildman–Crippen LogP) is 2.18. The summed E-state index contributed by atoms with van der Waals surface area (Å²) in [6.45, 7) is 3.38. The summed E-state index contributed by atoms with van der Waals surface area (Å²) in [4.78, 5) is 51.7. The van der Waals surface area contributed by atoms with Gasteiger partial charge in [0.1, 0.15) is 12.1 Å². The second-order valence-corrected chi connectivity index (χ2v) is 8.51. The number of imide groups is 1. The first kappa shape index (κ1) is 22.5. The number of amides is 4. The van der Waals surface area contributed by atoms with Gasteiger partial charge in [-0.25, -0.2) is 4.79 Å². The van der Waals surface area contributed by atoms with Crippen LogP contribution in [0.3, 0.4) is 0 Å². The Morgan fingerprint density at radius 1 is 1.00 bits per heavy atom. The van der Waals surface area contributed by atoms with Gasteiger partial charge in [0.15, 0.2) is 28.8 Å². The van der Waals surface area contributed by atoms with Crippen molar-refractivity contribution in [2.45, 2.75) is 25.8 Å². The molecule has 0 bridgehead atoms. The Kier molecular flexibility index (Phi) is 5.46. The topological polar surface area (TPSA) is 133 Å². The first-order valence-electron chi connectivity index (χ1n) is 11.0. The van der Waals surface area contributed by atoms with Crippen LogP contribution in [0, 0.1) is 0 Å². The van der Waals surface area contributed by atoms with Crippen molar-refractivity contribution in [3.63, 3.8) is 0 Å².